The van der Waals surface area contributed by atoms with Gasteiger partial charge in [-0.1, -0.05) is 13.8 Å². The first-order valence-electron chi connectivity index (χ1n) is 5.44. The molecule has 4 aliphatic carbocycles. The lowest BCUT2D eigenvalue weighted by Gasteiger charge is -2.32. The van der Waals surface area contributed by atoms with Crippen molar-refractivity contribution in [2.24, 2.45) is 35.5 Å². The summed E-state index contributed by atoms with van der Waals surface area (Å²) in [5.74, 6) is 0.392. The summed E-state index contributed by atoms with van der Waals surface area (Å²) >= 11 is 0. The summed E-state index contributed by atoms with van der Waals surface area (Å²) in [7, 11) is 0. The molecule has 2 N–H and O–H groups in total. The fourth-order valence-corrected chi connectivity index (χ4v) is 4.43. The fourth-order valence-electron chi connectivity index (χ4n) is 4.43. The van der Waals surface area contributed by atoms with E-state index in [0.29, 0.717) is 17.8 Å². The molecule has 6 unspecified atom stereocenters. The molecule has 6 atom stereocenters. The van der Waals surface area contributed by atoms with Crippen LogP contribution in [0, 0.1) is 35.5 Å². The smallest absolute Gasteiger partial charge is 0.307 e. The number of aliphatic hydroxyl groups is 1. The highest BCUT2D eigenvalue weighted by atomic mass is 16.4. The zero-order valence-electron chi connectivity index (χ0n) is 8.47. The summed E-state index contributed by atoms with van der Waals surface area (Å²) in [5, 5.41) is 19.7. The molecule has 0 heterocycles. The number of hydrogen-bond acceptors (Lipinski definition) is 2. The lowest BCUT2D eigenvalue weighted by Crippen LogP contribution is -2.41. The molecule has 4 aliphatic rings. The van der Waals surface area contributed by atoms with E-state index in [4.69, 9.17) is 5.11 Å². The van der Waals surface area contributed by atoms with Gasteiger partial charge in [0.1, 0.15) is 0 Å². The van der Waals surface area contributed by atoms with Gasteiger partial charge in [0.2, 0.25) is 0 Å². The average Bonchev–Trinajstić information content (AvgIpc) is 2.46. The Kier molecular flexibility index (Phi) is 1.34. The maximum absolute atomic E-state index is 11.1. The van der Waals surface area contributed by atoms with Crippen LogP contribution in [0.5, 0.6) is 0 Å². The third kappa shape index (κ3) is 0.659. The lowest BCUT2D eigenvalue weighted by atomic mass is 9.79. The Hall–Kier alpha value is -0.570. The van der Waals surface area contributed by atoms with Crippen molar-refractivity contribution >= 4 is 5.97 Å². The predicted molar refractivity (Wildman–Crippen MR) is 49.5 cm³/mol. The van der Waals surface area contributed by atoms with Gasteiger partial charge in [-0.05, 0) is 30.1 Å². The van der Waals surface area contributed by atoms with Gasteiger partial charge in [0.15, 0.2) is 0 Å². The Morgan fingerprint density at radius 2 is 2.14 bits per heavy atom. The first-order valence-corrected chi connectivity index (χ1v) is 5.44. The lowest BCUT2D eigenvalue weighted by molar-refractivity contribution is -0.145. The molecule has 0 saturated heterocycles. The number of rotatable bonds is 2. The second-order valence-electron chi connectivity index (χ2n) is 5.52. The van der Waals surface area contributed by atoms with E-state index in [0.717, 1.165) is 6.42 Å². The standard InChI is InChI=1S/C11H16O3/c1-4(2)11(14)6-3-5-7(9(5)11)8(6)10(12)13/h4-9,14H,3H2,1-2H3,(H,12,13). The Bertz CT molecular complexity index is 312. The van der Waals surface area contributed by atoms with Crippen molar-refractivity contribution in [2.45, 2.75) is 25.9 Å². The Morgan fingerprint density at radius 3 is 2.43 bits per heavy atom. The highest BCUT2D eigenvalue weighted by Crippen LogP contribution is 2.78. The third-order valence-corrected chi connectivity index (χ3v) is 4.94. The van der Waals surface area contributed by atoms with Gasteiger partial charge in [0.25, 0.3) is 0 Å². The molecule has 4 fully saturated rings. The molecular weight excluding hydrogens is 180 g/mol. The maximum atomic E-state index is 11.1. The van der Waals surface area contributed by atoms with Crippen molar-refractivity contribution in [1.82, 2.24) is 0 Å². The fraction of sp³-hybridized carbons (Fsp3) is 0.909. The summed E-state index contributed by atoms with van der Waals surface area (Å²) < 4.78 is 0. The largest absolute Gasteiger partial charge is 0.481 e. The molecular formula is C11H16O3. The third-order valence-electron chi connectivity index (χ3n) is 4.94. The van der Waals surface area contributed by atoms with Crippen molar-refractivity contribution in [3.05, 3.63) is 0 Å². The first kappa shape index (κ1) is 8.72. The molecule has 0 aromatic rings. The minimum Gasteiger partial charge on any atom is -0.481 e. The second kappa shape index (κ2) is 2.16. The van der Waals surface area contributed by atoms with Crippen molar-refractivity contribution in [3.8, 4) is 0 Å². The highest BCUT2D eigenvalue weighted by molar-refractivity contribution is 5.74. The van der Waals surface area contributed by atoms with Crippen LogP contribution in [0.2, 0.25) is 0 Å². The SMILES string of the molecule is CC(C)C1(O)C2CC3C(C2C(=O)O)C31. The minimum atomic E-state index is -0.693. The molecule has 0 spiro atoms. The van der Waals surface area contributed by atoms with Crippen LogP contribution in [0.1, 0.15) is 20.3 Å². The zero-order chi connectivity index (χ0) is 10.2. The molecule has 4 bridgehead atoms. The van der Waals surface area contributed by atoms with Crippen molar-refractivity contribution in [3.63, 3.8) is 0 Å². The topological polar surface area (TPSA) is 57.5 Å². The first-order chi connectivity index (χ1) is 6.49. The molecule has 0 aromatic heterocycles. The Balaban J connectivity index is 1.99. The van der Waals surface area contributed by atoms with Crippen LogP contribution in [-0.4, -0.2) is 21.8 Å². The van der Waals surface area contributed by atoms with Crippen molar-refractivity contribution < 1.29 is 15.0 Å². The molecule has 78 valence electrons. The van der Waals surface area contributed by atoms with E-state index < -0.39 is 11.6 Å². The molecule has 0 amide bonds. The summed E-state index contributed by atoms with van der Waals surface area (Å²) in [6, 6.07) is 0. The van der Waals surface area contributed by atoms with E-state index in [9.17, 15) is 9.90 Å². The van der Waals surface area contributed by atoms with Crippen LogP contribution in [-0.2, 0) is 4.79 Å². The molecule has 14 heavy (non-hydrogen) atoms. The summed E-state index contributed by atoms with van der Waals surface area (Å²) in [6.45, 7) is 4.02. The van der Waals surface area contributed by atoms with Crippen molar-refractivity contribution in [2.75, 3.05) is 0 Å². The normalized spacial score (nSPS) is 58.1. The van der Waals surface area contributed by atoms with Crippen LogP contribution in [0.3, 0.4) is 0 Å². The van der Waals surface area contributed by atoms with Crippen LogP contribution in [0.15, 0.2) is 0 Å². The Labute approximate surface area is 83.1 Å². The molecule has 3 nitrogen and oxygen atoms in total. The van der Waals surface area contributed by atoms with E-state index in [1.807, 2.05) is 13.8 Å². The van der Waals surface area contributed by atoms with Gasteiger partial charge >= 0.3 is 5.97 Å². The quantitative estimate of drug-likeness (QED) is 0.692. The predicted octanol–water partition coefficient (Wildman–Crippen LogP) is 0.970. The van der Waals surface area contributed by atoms with E-state index in [1.54, 1.807) is 0 Å². The number of aliphatic carboxylic acids is 1. The van der Waals surface area contributed by atoms with Crippen LogP contribution in [0.25, 0.3) is 0 Å². The van der Waals surface area contributed by atoms with Gasteiger partial charge in [0, 0.05) is 5.92 Å². The molecule has 4 saturated carbocycles. The van der Waals surface area contributed by atoms with E-state index >= 15 is 0 Å². The molecule has 0 radical (unpaired) electrons. The molecule has 3 heteroatoms. The van der Waals surface area contributed by atoms with Gasteiger partial charge in [-0.2, -0.15) is 0 Å². The van der Waals surface area contributed by atoms with Gasteiger partial charge in [-0.15, -0.1) is 0 Å². The van der Waals surface area contributed by atoms with Crippen LogP contribution < -0.4 is 0 Å². The number of carboxylic acids is 1. The maximum Gasteiger partial charge on any atom is 0.307 e. The van der Waals surface area contributed by atoms with Crippen LogP contribution in [0.4, 0.5) is 0 Å². The number of carbonyl (C=O) groups is 1. The summed E-state index contributed by atoms with van der Waals surface area (Å²) in [5.41, 5.74) is -0.668. The van der Waals surface area contributed by atoms with E-state index in [1.165, 1.54) is 0 Å². The van der Waals surface area contributed by atoms with Gasteiger partial charge in [-0.3, -0.25) is 4.79 Å². The minimum absolute atomic E-state index is 0.0278. The summed E-state index contributed by atoms with van der Waals surface area (Å²) in [4.78, 5) is 11.1. The molecule has 4 rings (SSSR count). The average molecular weight is 196 g/mol. The highest BCUT2D eigenvalue weighted by Gasteiger charge is 2.81. The van der Waals surface area contributed by atoms with Crippen LogP contribution >= 0.6 is 0 Å². The van der Waals surface area contributed by atoms with Gasteiger partial charge in [0.05, 0.1) is 11.5 Å². The van der Waals surface area contributed by atoms with E-state index in [2.05, 4.69) is 0 Å². The molecule has 0 aromatic carbocycles. The zero-order valence-corrected chi connectivity index (χ0v) is 8.47. The van der Waals surface area contributed by atoms with Gasteiger partial charge < -0.3 is 10.2 Å². The van der Waals surface area contributed by atoms with E-state index in [-0.39, 0.29) is 17.8 Å². The Morgan fingerprint density at radius 1 is 1.50 bits per heavy atom. The number of hydrogen-bond donors (Lipinski definition) is 2. The van der Waals surface area contributed by atoms with Crippen molar-refractivity contribution in [1.29, 1.82) is 0 Å². The molecule has 0 aliphatic heterocycles. The monoisotopic (exact) mass is 196 g/mol. The number of carboxylic acid groups (broad SMARTS) is 1. The van der Waals surface area contributed by atoms with Gasteiger partial charge in [-0.25, -0.2) is 0 Å². The summed E-state index contributed by atoms with van der Waals surface area (Å²) in [6.07, 6.45) is 0.945. The second-order valence-corrected chi connectivity index (χ2v) is 5.52.